The van der Waals surface area contributed by atoms with Crippen LogP contribution >= 0.6 is 0 Å². The molecule has 0 aliphatic rings. The summed E-state index contributed by atoms with van der Waals surface area (Å²) in [6.07, 6.45) is 5.82. The lowest BCUT2D eigenvalue weighted by molar-refractivity contribution is 0.0698. The van der Waals surface area contributed by atoms with E-state index in [2.05, 4.69) is 9.97 Å². The monoisotopic (exact) mass is 262 g/mol. The number of hydrogen-bond acceptors (Lipinski definition) is 6. The summed E-state index contributed by atoms with van der Waals surface area (Å²) in [7, 11) is 0. The molecule has 0 saturated carbocycles. The molecule has 19 heavy (non-hydrogen) atoms. The van der Waals surface area contributed by atoms with E-state index in [-0.39, 0.29) is 17.9 Å². The summed E-state index contributed by atoms with van der Waals surface area (Å²) in [5, 5.41) is 17.1. The van der Waals surface area contributed by atoms with E-state index in [1.807, 2.05) is 0 Å². The molecule has 2 heterocycles. The first-order valence-electron chi connectivity index (χ1n) is 5.28. The number of carboxylic acid groups (broad SMARTS) is 1. The molecule has 0 aliphatic carbocycles. The average Bonchev–Trinajstić information content (AvgIpc) is 2.40. The molecule has 0 unspecified atom stereocenters. The third-order valence-corrected chi connectivity index (χ3v) is 2.20. The van der Waals surface area contributed by atoms with E-state index in [1.165, 1.54) is 24.7 Å². The maximum absolute atomic E-state index is 10.3. The van der Waals surface area contributed by atoms with Gasteiger partial charge >= 0.3 is 5.97 Å². The zero-order chi connectivity index (χ0) is 14.3. The standard InChI is InChI=1S/C6H6N2O2.C6H8N2O/c7-5-3-8-2-1-4(5)6(9)10;7-6-3-8-2-1-5(6)4-9/h1-3H,7H2,(H,9,10);1-3,9H,4,7H2. The van der Waals surface area contributed by atoms with Crippen molar-refractivity contribution in [1.29, 1.82) is 0 Å². The zero-order valence-electron chi connectivity index (χ0n) is 10.0. The van der Waals surface area contributed by atoms with E-state index >= 15 is 0 Å². The van der Waals surface area contributed by atoms with Crippen LogP contribution in [0, 0.1) is 0 Å². The first-order chi connectivity index (χ1) is 9.06. The second kappa shape index (κ2) is 6.92. The number of aromatic nitrogens is 2. The topological polar surface area (TPSA) is 135 Å². The number of nitrogens with zero attached hydrogens (tertiary/aromatic N) is 2. The van der Waals surface area contributed by atoms with E-state index in [0.29, 0.717) is 5.69 Å². The molecule has 0 fully saturated rings. The zero-order valence-corrected chi connectivity index (χ0v) is 10.0. The number of carbonyl (C=O) groups is 1. The average molecular weight is 262 g/mol. The molecule has 0 radical (unpaired) electrons. The van der Waals surface area contributed by atoms with Gasteiger partial charge in [0.25, 0.3) is 0 Å². The molecule has 100 valence electrons. The Labute approximate surface area is 109 Å². The first kappa shape index (κ1) is 14.4. The maximum atomic E-state index is 10.3. The van der Waals surface area contributed by atoms with Gasteiger partial charge in [-0.3, -0.25) is 9.97 Å². The smallest absolute Gasteiger partial charge is 0.337 e. The van der Waals surface area contributed by atoms with Crippen LogP contribution < -0.4 is 11.5 Å². The highest BCUT2D eigenvalue weighted by Crippen LogP contribution is 2.07. The van der Waals surface area contributed by atoms with Crippen molar-refractivity contribution in [3.8, 4) is 0 Å². The number of aliphatic hydroxyl groups excluding tert-OH is 1. The van der Waals surface area contributed by atoms with Crippen LogP contribution in [-0.4, -0.2) is 26.2 Å². The van der Waals surface area contributed by atoms with E-state index in [0.717, 1.165) is 5.56 Å². The normalized spacial score (nSPS) is 9.32. The molecular weight excluding hydrogens is 248 g/mol. The molecule has 7 heteroatoms. The van der Waals surface area contributed by atoms with Crippen molar-refractivity contribution in [3.05, 3.63) is 48.0 Å². The Hall–Kier alpha value is -2.67. The number of aromatic carboxylic acids is 1. The Bertz CT molecular complexity index is 560. The van der Waals surface area contributed by atoms with E-state index in [4.69, 9.17) is 21.7 Å². The van der Waals surface area contributed by atoms with Gasteiger partial charge in [0.2, 0.25) is 0 Å². The summed E-state index contributed by atoms with van der Waals surface area (Å²) >= 11 is 0. The first-order valence-corrected chi connectivity index (χ1v) is 5.28. The minimum absolute atomic E-state index is 0.0195. The maximum Gasteiger partial charge on any atom is 0.337 e. The van der Waals surface area contributed by atoms with Crippen molar-refractivity contribution in [2.45, 2.75) is 6.61 Å². The molecule has 0 atom stereocenters. The summed E-state index contributed by atoms with van der Waals surface area (Å²) in [6, 6.07) is 3.05. The Balaban J connectivity index is 0.000000191. The van der Waals surface area contributed by atoms with Gasteiger partial charge in [0, 0.05) is 18.0 Å². The fourth-order valence-corrected chi connectivity index (χ4v) is 1.18. The van der Waals surface area contributed by atoms with Gasteiger partial charge in [-0.15, -0.1) is 0 Å². The largest absolute Gasteiger partial charge is 0.478 e. The molecule has 2 aromatic rings. The van der Waals surface area contributed by atoms with Gasteiger partial charge in [-0.05, 0) is 12.1 Å². The van der Waals surface area contributed by atoms with Gasteiger partial charge in [0.15, 0.2) is 0 Å². The summed E-state index contributed by atoms with van der Waals surface area (Å²) < 4.78 is 0. The number of nitrogens with two attached hydrogens (primary N) is 2. The van der Waals surface area contributed by atoms with Crippen molar-refractivity contribution in [1.82, 2.24) is 9.97 Å². The number of carboxylic acids is 1. The molecule has 7 nitrogen and oxygen atoms in total. The number of nitrogen functional groups attached to an aromatic ring is 2. The lowest BCUT2D eigenvalue weighted by Gasteiger charge is -1.97. The lowest BCUT2D eigenvalue weighted by Crippen LogP contribution is -2.01. The van der Waals surface area contributed by atoms with Gasteiger partial charge in [-0.2, -0.15) is 0 Å². The molecular formula is C12H14N4O3. The molecule has 0 bridgehead atoms. The van der Waals surface area contributed by atoms with Crippen molar-refractivity contribution in [2.75, 3.05) is 11.5 Å². The van der Waals surface area contributed by atoms with Crippen LogP contribution in [-0.2, 0) is 6.61 Å². The summed E-state index contributed by atoms with van der Waals surface area (Å²) in [5.41, 5.74) is 12.2. The highest BCUT2D eigenvalue weighted by molar-refractivity contribution is 5.93. The summed E-state index contributed by atoms with van der Waals surface area (Å²) in [4.78, 5) is 17.7. The third kappa shape index (κ3) is 4.25. The Morgan fingerprint density at radius 1 is 1.11 bits per heavy atom. The number of aliphatic hydroxyl groups is 1. The van der Waals surface area contributed by atoms with Crippen molar-refractivity contribution >= 4 is 17.3 Å². The lowest BCUT2D eigenvalue weighted by atomic mass is 10.2. The van der Waals surface area contributed by atoms with Crippen LogP contribution in [0.3, 0.4) is 0 Å². The number of rotatable bonds is 2. The molecule has 0 aliphatic heterocycles. The van der Waals surface area contributed by atoms with Gasteiger partial charge in [-0.25, -0.2) is 4.79 Å². The number of pyridine rings is 2. The molecule has 2 aromatic heterocycles. The Morgan fingerprint density at radius 3 is 2.05 bits per heavy atom. The molecule has 0 amide bonds. The highest BCUT2D eigenvalue weighted by atomic mass is 16.4. The van der Waals surface area contributed by atoms with Crippen molar-refractivity contribution in [2.24, 2.45) is 0 Å². The van der Waals surface area contributed by atoms with Gasteiger partial charge in [-0.1, -0.05) is 0 Å². The Kier molecular flexibility index (Phi) is 5.24. The van der Waals surface area contributed by atoms with Crippen LogP contribution in [0.4, 0.5) is 11.4 Å². The van der Waals surface area contributed by atoms with Gasteiger partial charge in [0.05, 0.1) is 35.9 Å². The molecule has 0 aromatic carbocycles. The highest BCUT2D eigenvalue weighted by Gasteiger charge is 2.04. The number of anilines is 2. The Morgan fingerprint density at radius 2 is 1.68 bits per heavy atom. The summed E-state index contributed by atoms with van der Waals surface area (Å²) in [5.74, 6) is -1.03. The molecule has 0 spiro atoms. The molecule has 0 saturated heterocycles. The predicted octanol–water partition coefficient (Wildman–Crippen LogP) is 0.518. The van der Waals surface area contributed by atoms with Crippen LogP contribution in [0.1, 0.15) is 15.9 Å². The van der Waals surface area contributed by atoms with E-state index in [1.54, 1.807) is 12.3 Å². The van der Waals surface area contributed by atoms with E-state index < -0.39 is 5.97 Å². The van der Waals surface area contributed by atoms with Crippen LogP contribution in [0.15, 0.2) is 36.9 Å². The van der Waals surface area contributed by atoms with Crippen LogP contribution in [0.25, 0.3) is 0 Å². The van der Waals surface area contributed by atoms with Crippen LogP contribution in [0.5, 0.6) is 0 Å². The second-order valence-electron chi connectivity index (χ2n) is 3.50. The SMILES string of the molecule is Nc1cnccc1C(=O)O.Nc1cnccc1CO. The van der Waals surface area contributed by atoms with E-state index in [9.17, 15) is 4.79 Å². The molecule has 6 N–H and O–H groups in total. The third-order valence-electron chi connectivity index (χ3n) is 2.20. The minimum atomic E-state index is -1.03. The summed E-state index contributed by atoms with van der Waals surface area (Å²) in [6.45, 7) is -0.0195. The van der Waals surface area contributed by atoms with Gasteiger partial charge in [0.1, 0.15) is 0 Å². The fourth-order valence-electron chi connectivity index (χ4n) is 1.18. The minimum Gasteiger partial charge on any atom is -0.478 e. The molecule has 2 rings (SSSR count). The predicted molar refractivity (Wildman–Crippen MR) is 70.2 cm³/mol. The fraction of sp³-hybridized carbons (Fsp3) is 0.0833. The van der Waals surface area contributed by atoms with Gasteiger partial charge < -0.3 is 21.7 Å². The van der Waals surface area contributed by atoms with Crippen molar-refractivity contribution in [3.63, 3.8) is 0 Å². The van der Waals surface area contributed by atoms with Crippen molar-refractivity contribution < 1.29 is 15.0 Å². The number of hydrogen-bond donors (Lipinski definition) is 4. The quantitative estimate of drug-likeness (QED) is 0.619. The second-order valence-corrected chi connectivity index (χ2v) is 3.50. The van der Waals surface area contributed by atoms with Crippen LogP contribution in [0.2, 0.25) is 0 Å².